The smallest absolute Gasteiger partial charge is 0.329 e. The average Bonchev–Trinajstić information content (AvgIpc) is 2.36. The quantitative estimate of drug-likeness (QED) is 0.930. The first-order valence-corrected chi connectivity index (χ1v) is 6.70. The molecule has 1 atom stereocenters. The second-order valence-corrected chi connectivity index (χ2v) is 5.93. The van der Waals surface area contributed by atoms with Crippen molar-refractivity contribution in [2.75, 3.05) is 4.90 Å². The second-order valence-electron chi connectivity index (χ2n) is 5.93. The summed E-state index contributed by atoms with van der Waals surface area (Å²) in [5, 5.41) is 9.40. The maximum absolute atomic E-state index is 13.5. The number of hydrogen-bond acceptors (Lipinski definition) is 3. The summed E-state index contributed by atoms with van der Waals surface area (Å²) in [5.74, 6) is -2.03. The van der Waals surface area contributed by atoms with Gasteiger partial charge in [0.1, 0.15) is 17.1 Å². The summed E-state index contributed by atoms with van der Waals surface area (Å²) in [6.45, 7) is 6.43. The Morgan fingerprint density at radius 2 is 2.05 bits per heavy atom. The van der Waals surface area contributed by atoms with Gasteiger partial charge in [0.25, 0.3) is 5.91 Å². The number of anilines is 1. The van der Waals surface area contributed by atoms with Gasteiger partial charge in [0, 0.05) is 6.07 Å². The third kappa shape index (κ3) is 2.46. The minimum atomic E-state index is -1.50. The normalized spacial score (nSPS) is 18.5. The van der Waals surface area contributed by atoms with Crippen molar-refractivity contribution in [2.24, 2.45) is 5.92 Å². The van der Waals surface area contributed by atoms with Gasteiger partial charge in [0.05, 0.1) is 5.69 Å². The molecule has 114 valence electrons. The van der Waals surface area contributed by atoms with Crippen LogP contribution in [0.1, 0.15) is 27.7 Å². The molecule has 1 aromatic carbocycles. The van der Waals surface area contributed by atoms with Gasteiger partial charge in [-0.05, 0) is 31.9 Å². The lowest BCUT2D eigenvalue weighted by atomic mass is 9.96. The number of carbonyl (C=O) groups is 2. The zero-order valence-electron chi connectivity index (χ0n) is 12.4. The third-order valence-electron chi connectivity index (χ3n) is 3.57. The average molecular weight is 295 g/mol. The van der Waals surface area contributed by atoms with Crippen molar-refractivity contribution < 1.29 is 23.8 Å². The van der Waals surface area contributed by atoms with Crippen molar-refractivity contribution in [2.45, 2.75) is 39.3 Å². The van der Waals surface area contributed by atoms with E-state index in [0.29, 0.717) is 5.75 Å². The number of carboxylic acid groups (broad SMARTS) is 1. The zero-order valence-corrected chi connectivity index (χ0v) is 12.4. The van der Waals surface area contributed by atoms with Crippen LogP contribution in [0.5, 0.6) is 5.75 Å². The highest BCUT2D eigenvalue weighted by Gasteiger charge is 2.47. The van der Waals surface area contributed by atoms with E-state index in [1.165, 1.54) is 26.0 Å². The van der Waals surface area contributed by atoms with E-state index in [1.54, 1.807) is 0 Å². The van der Waals surface area contributed by atoms with E-state index in [-0.39, 0.29) is 11.6 Å². The van der Waals surface area contributed by atoms with Crippen LogP contribution in [0.2, 0.25) is 0 Å². The number of fused-ring (bicyclic) bond motifs is 1. The summed E-state index contributed by atoms with van der Waals surface area (Å²) in [6.07, 6.45) is -0.790. The first-order chi connectivity index (χ1) is 9.66. The Bertz CT molecular complexity index is 597. The lowest BCUT2D eigenvalue weighted by Crippen LogP contribution is -2.60. The number of benzene rings is 1. The number of rotatable bonds is 3. The first kappa shape index (κ1) is 15.3. The number of ether oxygens (including phenoxy) is 1. The van der Waals surface area contributed by atoms with Crippen molar-refractivity contribution in [3.8, 4) is 5.75 Å². The summed E-state index contributed by atoms with van der Waals surface area (Å²) < 4.78 is 19.1. The van der Waals surface area contributed by atoms with Gasteiger partial charge in [0.2, 0.25) is 0 Å². The highest BCUT2D eigenvalue weighted by molar-refractivity contribution is 6.06. The maximum Gasteiger partial charge on any atom is 0.329 e. The number of halogens is 1. The highest BCUT2D eigenvalue weighted by Crippen LogP contribution is 2.40. The molecule has 0 aliphatic carbocycles. The number of amides is 1. The van der Waals surface area contributed by atoms with Crippen LogP contribution in [0.25, 0.3) is 0 Å². The molecule has 1 aliphatic rings. The molecule has 0 radical (unpaired) electrons. The monoisotopic (exact) mass is 295 g/mol. The van der Waals surface area contributed by atoms with Crippen LogP contribution < -0.4 is 9.64 Å². The van der Waals surface area contributed by atoms with Crippen LogP contribution in [0, 0.1) is 11.7 Å². The van der Waals surface area contributed by atoms with Crippen LogP contribution in [-0.4, -0.2) is 28.6 Å². The molecule has 0 spiro atoms. The molecule has 0 saturated heterocycles. The maximum atomic E-state index is 13.5. The molecule has 1 amide bonds. The largest absolute Gasteiger partial charge is 0.480 e. The van der Waals surface area contributed by atoms with Gasteiger partial charge in [-0.2, -0.15) is 0 Å². The molecule has 5 nitrogen and oxygen atoms in total. The summed E-state index contributed by atoms with van der Waals surface area (Å²) >= 11 is 0. The predicted octanol–water partition coefficient (Wildman–Crippen LogP) is 2.44. The number of carbonyl (C=O) groups excluding carboxylic acids is 1. The number of hydrogen-bond donors (Lipinski definition) is 1. The first-order valence-electron chi connectivity index (χ1n) is 6.70. The van der Waals surface area contributed by atoms with Crippen LogP contribution >= 0.6 is 0 Å². The van der Waals surface area contributed by atoms with Crippen molar-refractivity contribution in [3.63, 3.8) is 0 Å². The molecular weight excluding hydrogens is 277 g/mol. The molecule has 0 bridgehead atoms. The van der Waals surface area contributed by atoms with E-state index in [1.807, 2.05) is 13.8 Å². The molecule has 1 heterocycles. The lowest BCUT2D eigenvalue weighted by Gasteiger charge is -2.42. The van der Waals surface area contributed by atoms with Crippen molar-refractivity contribution in [1.82, 2.24) is 0 Å². The van der Waals surface area contributed by atoms with E-state index in [0.717, 1.165) is 11.0 Å². The molecule has 0 aromatic heterocycles. The van der Waals surface area contributed by atoms with Crippen molar-refractivity contribution in [3.05, 3.63) is 24.0 Å². The molecule has 1 unspecified atom stereocenters. The molecule has 0 fully saturated rings. The molecule has 6 heteroatoms. The Balaban J connectivity index is 2.63. The molecular formula is C15H18FNO4. The fraction of sp³-hybridized carbons (Fsp3) is 0.467. The Hall–Kier alpha value is -2.11. The van der Waals surface area contributed by atoms with E-state index in [9.17, 15) is 19.1 Å². The molecule has 1 aromatic rings. The Morgan fingerprint density at radius 1 is 1.43 bits per heavy atom. The molecule has 2 rings (SSSR count). The minimum absolute atomic E-state index is 0.136. The van der Waals surface area contributed by atoms with Gasteiger partial charge in [-0.3, -0.25) is 9.69 Å². The zero-order chi connectivity index (χ0) is 15.9. The fourth-order valence-corrected chi connectivity index (χ4v) is 2.29. The van der Waals surface area contributed by atoms with Gasteiger partial charge < -0.3 is 9.84 Å². The van der Waals surface area contributed by atoms with Gasteiger partial charge >= 0.3 is 5.97 Å². The third-order valence-corrected chi connectivity index (χ3v) is 3.57. The molecule has 1 N–H and O–H groups in total. The highest BCUT2D eigenvalue weighted by atomic mass is 19.1. The minimum Gasteiger partial charge on any atom is -0.480 e. The number of nitrogens with zero attached hydrogens (tertiary/aromatic N) is 1. The predicted molar refractivity (Wildman–Crippen MR) is 74.9 cm³/mol. The van der Waals surface area contributed by atoms with E-state index in [2.05, 4.69) is 0 Å². The topological polar surface area (TPSA) is 66.8 Å². The van der Waals surface area contributed by atoms with Crippen molar-refractivity contribution >= 4 is 17.6 Å². The Labute approximate surface area is 122 Å². The second kappa shape index (κ2) is 5.02. The van der Waals surface area contributed by atoms with Gasteiger partial charge in [-0.15, -0.1) is 0 Å². The van der Waals surface area contributed by atoms with Gasteiger partial charge in [0.15, 0.2) is 6.10 Å². The summed E-state index contributed by atoms with van der Waals surface area (Å²) in [7, 11) is 0. The van der Waals surface area contributed by atoms with E-state index < -0.39 is 29.3 Å². The van der Waals surface area contributed by atoms with E-state index >= 15 is 0 Å². The lowest BCUT2D eigenvalue weighted by molar-refractivity contribution is -0.145. The number of carboxylic acids is 1. The van der Waals surface area contributed by atoms with Gasteiger partial charge in [-0.25, -0.2) is 9.18 Å². The summed E-state index contributed by atoms with van der Waals surface area (Å²) in [5.41, 5.74) is -1.36. The van der Waals surface area contributed by atoms with Crippen LogP contribution in [0.4, 0.5) is 10.1 Å². The molecule has 1 aliphatic heterocycles. The summed E-state index contributed by atoms with van der Waals surface area (Å²) in [4.78, 5) is 25.2. The molecule has 0 saturated carbocycles. The van der Waals surface area contributed by atoms with Crippen molar-refractivity contribution in [1.29, 1.82) is 0 Å². The van der Waals surface area contributed by atoms with Crippen LogP contribution in [0.3, 0.4) is 0 Å². The molecule has 21 heavy (non-hydrogen) atoms. The van der Waals surface area contributed by atoms with Gasteiger partial charge in [-0.1, -0.05) is 13.8 Å². The SMILES string of the molecule is CC(C)C1Oc2ccc(F)cc2N(C(C)(C)C(=O)O)C1=O. The Kier molecular flexibility index (Phi) is 3.65. The van der Waals surface area contributed by atoms with Crippen LogP contribution in [-0.2, 0) is 9.59 Å². The number of aliphatic carboxylic acids is 1. The summed E-state index contributed by atoms with van der Waals surface area (Å²) in [6, 6.07) is 3.75. The fourth-order valence-electron chi connectivity index (χ4n) is 2.29. The Morgan fingerprint density at radius 3 is 2.57 bits per heavy atom. The van der Waals surface area contributed by atoms with Crippen LogP contribution in [0.15, 0.2) is 18.2 Å². The van der Waals surface area contributed by atoms with E-state index in [4.69, 9.17) is 4.74 Å². The standard InChI is InChI=1S/C15H18FNO4/c1-8(2)12-13(18)17(15(3,4)14(19)20)10-7-9(16)5-6-11(10)21-12/h5-8,12H,1-4H3,(H,19,20).